The van der Waals surface area contributed by atoms with Crippen molar-refractivity contribution in [2.45, 2.75) is 155 Å². The average molecular weight is 769 g/mol. The molecule has 310 valence electrons. The van der Waals surface area contributed by atoms with Gasteiger partial charge in [-0.05, 0) is 45.1 Å². The van der Waals surface area contributed by atoms with Gasteiger partial charge in [-0.15, -0.1) is 0 Å². The van der Waals surface area contributed by atoms with E-state index in [1.165, 1.54) is 14.2 Å². The van der Waals surface area contributed by atoms with E-state index in [9.17, 15) is 35.4 Å². The lowest BCUT2D eigenvalue weighted by Gasteiger charge is -2.51. The molecule has 0 aliphatic carbocycles. The Kier molecular flexibility index (Phi) is 16.9. The number of carbonyl (C=O) groups excluding carboxylic acids is 1. The number of aliphatic hydroxyl groups excluding tert-OH is 5. The molecular formula is C41H68O13. The second-order valence-electron chi connectivity index (χ2n) is 16.4. The molecule has 54 heavy (non-hydrogen) atoms. The minimum Gasteiger partial charge on any atom is -0.490 e. The Bertz CT molecular complexity index is 1340. The van der Waals surface area contributed by atoms with E-state index in [0.29, 0.717) is 12.0 Å². The molecule has 0 aromatic heterocycles. The molecule has 0 aromatic carbocycles. The summed E-state index contributed by atoms with van der Waals surface area (Å²) in [5.74, 6) is -5.29. The van der Waals surface area contributed by atoms with Crippen molar-refractivity contribution in [1.29, 1.82) is 0 Å². The molecule has 0 spiro atoms. The fourth-order valence-corrected chi connectivity index (χ4v) is 7.99. The molecule has 0 aromatic rings. The van der Waals surface area contributed by atoms with Gasteiger partial charge < -0.3 is 59.1 Å². The van der Waals surface area contributed by atoms with Crippen molar-refractivity contribution in [1.82, 2.24) is 0 Å². The van der Waals surface area contributed by atoms with Crippen molar-refractivity contribution in [3.63, 3.8) is 0 Å². The van der Waals surface area contributed by atoms with Gasteiger partial charge in [0.05, 0.1) is 37.6 Å². The molecule has 0 radical (unpaired) electrons. The lowest BCUT2D eigenvalue weighted by atomic mass is 9.76. The van der Waals surface area contributed by atoms with Crippen LogP contribution < -0.4 is 0 Å². The highest BCUT2D eigenvalue weighted by Crippen LogP contribution is 2.43. The monoisotopic (exact) mass is 768 g/mol. The predicted octanol–water partition coefficient (Wildman–Crippen LogP) is 3.54. The first-order chi connectivity index (χ1) is 25.2. The number of carbonyl (C=O) groups is 1. The van der Waals surface area contributed by atoms with Crippen molar-refractivity contribution in [3.8, 4) is 0 Å². The van der Waals surface area contributed by atoms with Crippen LogP contribution in [0.25, 0.3) is 0 Å². The highest BCUT2D eigenvalue weighted by Gasteiger charge is 2.54. The normalized spacial score (nSPS) is 44.4. The molecule has 2 fully saturated rings. The zero-order valence-corrected chi connectivity index (χ0v) is 34.2. The van der Waals surface area contributed by atoms with Crippen molar-refractivity contribution in [2.24, 2.45) is 35.5 Å². The first-order valence-electron chi connectivity index (χ1n) is 19.3. The number of allylic oxidation sites excluding steroid dienone is 5. The molecule has 3 heterocycles. The second-order valence-corrected chi connectivity index (χ2v) is 16.4. The molecule has 3 aliphatic heterocycles. The Morgan fingerprint density at radius 1 is 0.926 bits per heavy atom. The van der Waals surface area contributed by atoms with Gasteiger partial charge in [0, 0.05) is 37.2 Å². The van der Waals surface area contributed by atoms with Crippen molar-refractivity contribution in [3.05, 3.63) is 47.3 Å². The first kappa shape index (κ1) is 46.2. The molecule has 17 atom stereocenters. The standard InChI is InChI=1S/C41H68O13/c1-20(2)37-25(7)31(52-40-36(46)35(45)34(44)28(10)51-40)19-41(48,54-37)27(9)33(43)26(8)38-29(49-11)15-13-14-21(3)16-23(5)32(42)24(6)17-22(4)18-30(50-12)39(47)53-38/h13-15,17-18,20,23-29,31-38,40,42-46,48H,16,19H2,1-12H3/b15-13+,21-14+,22-17+,30-18-/t23-,24-,25+,26+,27+,28?,29+,31-,32+,33-,34?,35?,36?,37-,38-,40?,41-/m1/s1. The Morgan fingerprint density at radius 2 is 1.57 bits per heavy atom. The molecule has 6 N–H and O–H groups in total. The van der Waals surface area contributed by atoms with Crippen LogP contribution in [0.2, 0.25) is 0 Å². The number of hydrogen-bond acceptors (Lipinski definition) is 13. The van der Waals surface area contributed by atoms with Gasteiger partial charge in [-0.1, -0.05) is 83.9 Å². The molecule has 2 saturated heterocycles. The van der Waals surface area contributed by atoms with Crippen molar-refractivity contribution in [2.75, 3.05) is 14.2 Å². The molecular weight excluding hydrogens is 700 g/mol. The van der Waals surface area contributed by atoms with Crippen LogP contribution in [-0.2, 0) is 33.2 Å². The summed E-state index contributed by atoms with van der Waals surface area (Å²) in [6.07, 6.45) is -2.21. The summed E-state index contributed by atoms with van der Waals surface area (Å²) in [5, 5.41) is 66.7. The number of esters is 1. The van der Waals surface area contributed by atoms with E-state index in [1.54, 1.807) is 45.9 Å². The fourth-order valence-electron chi connectivity index (χ4n) is 7.99. The van der Waals surface area contributed by atoms with Crippen LogP contribution in [0.15, 0.2) is 47.3 Å². The van der Waals surface area contributed by atoms with E-state index < -0.39 is 90.9 Å². The minimum absolute atomic E-state index is 0.0422. The Balaban J connectivity index is 1.99. The number of cyclic esters (lactones) is 1. The Labute approximate surface area is 321 Å². The summed E-state index contributed by atoms with van der Waals surface area (Å²) in [6, 6.07) is 0. The highest BCUT2D eigenvalue weighted by atomic mass is 16.7. The average Bonchev–Trinajstić information content (AvgIpc) is 3.12. The largest absolute Gasteiger partial charge is 0.490 e. The van der Waals surface area contributed by atoms with E-state index in [-0.39, 0.29) is 35.9 Å². The lowest BCUT2D eigenvalue weighted by molar-refractivity contribution is -0.361. The van der Waals surface area contributed by atoms with E-state index >= 15 is 0 Å². The maximum atomic E-state index is 13.7. The quantitative estimate of drug-likeness (QED) is 0.187. The van der Waals surface area contributed by atoms with Crippen LogP contribution in [0.3, 0.4) is 0 Å². The van der Waals surface area contributed by atoms with Gasteiger partial charge >= 0.3 is 5.97 Å². The van der Waals surface area contributed by atoms with Crippen molar-refractivity contribution >= 4 is 5.97 Å². The van der Waals surface area contributed by atoms with Crippen LogP contribution in [0, 0.1) is 35.5 Å². The van der Waals surface area contributed by atoms with E-state index in [0.717, 1.165) is 5.57 Å². The van der Waals surface area contributed by atoms with E-state index in [2.05, 4.69) is 0 Å². The van der Waals surface area contributed by atoms with Crippen LogP contribution in [0.4, 0.5) is 0 Å². The summed E-state index contributed by atoms with van der Waals surface area (Å²) in [4.78, 5) is 13.7. The van der Waals surface area contributed by atoms with Crippen LogP contribution >= 0.6 is 0 Å². The molecule has 3 rings (SSSR count). The summed E-state index contributed by atoms with van der Waals surface area (Å²) >= 11 is 0. The smallest absolute Gasteiger partial charge is 0.373 e. The lowest BCUT2D eigenvalue weighted by Crippen LogP contribution is -2.62. The predicted molar refractivity (Wildman–Crippen MR) is 201 cm³/mol. The fraction of sp³-hybridized carbons (Fsp3) is 0.780. The summed E-state index contributed by atoms with van der Waals surface area (Å²) in [6.45, 7) is 18.4. The third-order valence-electron chi connectivity index (χ3n) is 11.6. The third-order valence-corrected chi connectivity index (χ3v) is 11.6. The Morgan fingerprint density at radius 3 is 2.17 bits per heavy atom. The van der Waals surface area contributed by atoms with E-state index in [4.69, 9.17) is 28.4 Å². The number of rotatable bonds is 9. The topological polar surface area (TPSA) is 194 Å². The van der Waals surface area contributed by atoms with Gasteiger partial charge in [0.2, 0.25) is 5.76 Å². The number of aliphatic hydroxyl groups is 6. The third kappa shape index (κ3) is 11.0. The van der Waals surface area contributed by atoms with Gasteiger partial charge in [-0.3, -0.25) is 0 Å². The molecule has 0 bridgehead atoms. The molecule has 0 saturated carbocycles. The van der Waals surface area contributed by atoms with Gasteiger partial charge in [0.15, 0.2) is 12.1 Å². The highest BCUT2D eigenvalue weighted by molar-refractivity contribution is 5.87. The summed E-state index contributed by atoms with van der Waals surface area (Å²) < 4.78 is 35.8. The number of ether oxygens (including phenoxy) is 6. The van der Waals surface area contributed by atoms with Crippen LogP contribution in [-0.4, -0.2) is 124 Å². The number of methoxy groups -OCH3 is 2. The summed E-state index contributed by atoms with van der Waals surface area (Å²) in [7, 11) is 2.83. The van der Waals surface area contributed by atoms with Gasteiger partial charge in [0.1, 0.15) is 30.5 Å². The van der Waals surface area contributed by atoms with Gasteiger partial charge in [0.25, 0.3) is 0 Å². The van der Waals surface area contributed by atoms with Gasteiger partial charge in [-0.25, -0.2) is 4.79 Å². The van der Waals surface area contributed by atoms with Gasteiger partial charge in [-0.2, -0.15) is 0 Å². The molecule has 5 unspecified atom stereocenters. The second kappa shape index (κ2) is 19.8. The first-order valence-corrected chi connectivity index (χ1v) is 19.3. The zero-order chi connectivity index (χ0) is 40.8. The number of hydrogen-bond donors (Lipinski definition) is 6. The van der Waals surface area contributed by atoms with Crippen LogP contribution in [0.1, 0.15) is 82.1 Å². The molecule has 13 nitrogen and oxygen atoms in total. The van der Waals surface area contributed by atoms with E-state index in [1.807, 2.05) is 53.7 Å². The molecule has 13 heteroatoms. The molecule has 0 amide bonds. The van der Waals surface area contributed by atoms with Crippen molar-refractivity contribution < 1.29 is 63.9 Å². The summed E-state index contributed by atoms with van der Waals surface area (Å²) in [5.41, 5.74) is 1.72. The maximum Gasteiger partial charge on any atom is 0.373 e. The molecule has 3 aliphatic rings. The maximum absolute atomic E-state index is 13.7. The zero-order valence-electron chi connectivity index (χ0n) is 34.2. The SMILES string of the molecule is CO/C1=C\C(C)=C\[C@@H](C)[C@@H](O)[C@H](C)C/C(C)=C/C=C/[C@H](OC)[C@@H]([C@@H](C)[C@@H](O)[C@H](C)[C@@]2(O)C[C@@H](OC3OC(C)C(O)C(O)C3O)[C@H](C)[C@@H](C(C)C)O2)OC1=O. The van der Waals surface area contributed by atoms with Crippen LogP contribution in [0.5, 0.6) is 0 Å². The minimum atomic E-state index is -1.96. The Hall–Kier alpha value is -2.17.